The van der Waals surface area contributed by atoms with Crippen LogP contribution in [0.5, 0.6) is 0 Å². The van der Waals surface area contributed by atoms with Gasteiger partial charge in [-0.15, -0.1) is 0 Å². The number of aliphatic imine (C=N–C) groups is 1. The number of hydrogen-bond acceptors (Lipinski definition) is 3. The fraction of sp³-hybridized carbons (Fsp3) is 0.393. The van der Waals surface area contributed by atoms with E-state index >= 15 is 0 Å². The van der Waals surface area contributed by atoms with Crippen molar-refractivity contribution < 1.29 is 9.59 Å². The van der Waals surface area contributed by atoms with E-state index in [1.165, 1.54) is 18.4 Å². The molecule has 0 N–H and O–H groups in total. The molecule has 0 amide bonds. The standard InChI is InChI=1S/C28H29NO2/c1-4-5-8-17-11-13-18(14-12-17)23-24-21(15-28(2,3)16-22(24)30)29-26-19-9-6-7-10-20(19)27(31)25(23)26/h6-7,9-14,23-24H,4-5,8,15-16H2,1-3H3/t23-,24-/m0/s1. The molecule has 5 rings (SSSR count). The molecule has 1 aliphatic heterocycles. The molecule has 0 saturated heterocycles. The zero-order chi connectivity index (χ0) is 21.8. The van der Waals surface area contributed by atoms with Crippen LogP contribution >= 0.6 is 0 Å². The number of hydrogen-bond donors (Lipinski definition) is 0. The van der Waals surface area contributed by atoms with E-state index in [4.69, 9.17) is 4.99 Å². The molecule has 1 saturated carbocycles. The molecule has 31 heavy (non-hydrogen) atoms. The topological polar surface area (TPSA) is 46.5 Å². The summed E-state index contributed by atoms with van der Waals surface area (Å²) in [4.78, 5) is 31.9. The van der Waals surface area contributed by atoms with E-state index in [2.05, 4.69) is 45.0 Å². The van der Waals surface area contributed by atoms with Gasteiger partial charge >= 0.3 is 0 Å². The van der Waals surface area contributed by atoms with E-state index in [1.54, 1.807) is 0 Å². The van der Waals surface area contributed by atoms with Crippen LogP contribution in [0.2, 0.25) is 0 Å². The quantitative estimate of drug-likeness (QED) is 0.603. The molecule has 2 aromatic carbocycles. The average Bonchev–Trinajstić information content (AvgIpc) is 3.02. The number of benzene rings is 2. The average molecular weight is 412 g/mol. The summed E-state index contributed by atoms with van der Waals surface area (Å²) in [6.07, 6.45) is 4.72. The number of nitrogens with zero attached hydrogens (tertiary/aromatic N) is 1. The highest BCUT2D eigenvalue weighted by atomic mass is 16.1. The molecule has 0 spiro atoms. The van der Waals surface area contributed by atoms with E-state index in [9.17, 15) is 9.59 Å². The third-order valence-corrected chi connectivity index (χ3v) is 7.00. The molecule has 0 aromatic heterocycles. The lowest BCUT2D eigenvalue weighted by molar-refractivity contribution is -0.124. The second kappa shape index (κ2) is 7.40. The third kappa shape index (κ3) is 3.31. The van der Waals surface area contributed by atoms with Crippen molar-refractivity contribution in [2.24, 2.45) is 16.3 Å². The van der Waals surface area contributed by atoms with Gasteiger partial charge in [-0.1, -0.05) is 75.7 Å². The summed E-state index contributed by atoms with van der Waals surface area (Å²) in [5.41, 5.74) is 6.34. The minimum atomic E-state index is -0.327. The molecule has 158 valence electrons. The SMILES string of the molecule is CCCCc1ccc([C@@H]2C3=C(N=C4CC(C)(C)CC(=O)[C@H]42)c2ccccc2C3=O)cc1. The zero-order valence-electron chi connectivity index (χ0n) is 18.6. The van der Waals surface area contributed by atoms with Crippen LogP contribution in [0, 0.1) is 11.3 Å². The first kappa shape index (κ1) is 20.1. The van der Waals surface area contributed by atoms with Crippen LogP contribution in [-0.2, 0) is 11.2 Å². The Labute approximate surface area is 184 Å². The van der Waals surface area contributed by atoms with Crippen LogP contribution in [0.25, 0.3) is 5.70 Å². The largest absolute Gasteiger partial charge is 0.299 e. The van der Waals surface area contributed by atoms with Crippen LogP contribution in [0.4, 0.5) is 0 Å². The second-order valence-electron chi connectivity index (χ2n) is 10.0. The summed E-state index contributed by atoms with van der Waals surface area (Å²) < 4.78 is 0. The number of allylic oxidation sites excluding steroid dienone is 1. The maximum atomic E-state index is 13.5. The summed E-state index contributed by atoms with van der Waals surface area (Å²) in [6, 6.07) is 16.3. The number of Topliss-reactive ketones (excluding diaryl/α,β-unsaturated/α-hetero) is 2. The van der Waals surface area contributed by atoms with Gasteiger partial charge in [0.1, 0.15) is 5.78 Å². The number of fused-ring (bicyclic) bond motifs is 3. The molecule has 3 heteroatoms. The van der Waals surface area contributed by atoms with Crippen LogP contribution in [0.3, 0.4) is 0 Å². The van der Waals surface area contributed by atoms with Crippen LogP contribution in [0.15, 0.2) is 59.1 Å². The molecule has 2 atom stereocenters. The van der Waals surface area contributed by atoms with Crippen LogP contribution in [-0.4, -0.2) is 17.3 Å². The van der Waals surface area contributed by atoms with E-state index in [0.717, 1.165) is 35.4 Å². The maximum absolute atomic E-state index is 13.5. The van der Waals surface area contributed by atoms with E-state index in [1.807, 2.05) is 24.3 Å². The van der Waals surface area contributed by atoms with Gasteiger partial charge in [0.15, 0.2) is 5.78 Å². The van der Waals surface area contributed by atoms with Gasteiger partial charge in [-0.05, 0) is 35.8 Å². The van der Waals surface area contributed by atoms with Gasteiger partial charge in [-0.25, -0.2) is 0 Å². The number of aryl methyl sites for hydroxylation is 1. The Morgan fingerprint density at radius 3 is 2.35 bits per heavy atom. The molecule has 3 nitrogen and oxygen atoms in total. The molecule has 3 aliphatic rings. The predicted octanol–water partition coefficient (Wildman–Crippen LogP) is 6.18. The lowest BCUT2D eigenvalue weighted by Gasteiger charge is -2.40. The Bertz CT molecular complexity index is 1130. The molecule has 2 aliphatic carbocycles. The Balaban J connectivity index is 1.65. The van der Waals surface area contributed by atoms with Crippen molar-refractivity contribution in [3.63, 3.8) is 0 Å². The minimum absolute atomic E-state index is 0.0334. The fourth-order valence-electron chi connectivity index (χ4n) is 5.55. The highest BCUT2D eigenvalue weighted by Gasteiger charge is 2.49. The Hall–Kier alpha value is -2.81. The van der Waals surface area contributed by atoms with Gasteiger partial charge in [-0.3, -0.25) is 14.6 Å². The molecule has 0 bridgehead atoms. The van der Waals surface area contributed by atoms with Crippen molar-refractivity contribution in [1.29, 1.82) is 0 Å². The highest BCUT2D eigenvalue weighted by molar-refractivity contribution is 6.25. The molecular formula is C28H29NO2. The monoisotopic (exact) mass is 411 g/mol. The van der Waals surface area contributed by atoms with E-state index < -0.39 is 0 Å². The van der Waals surface area contributed by atoms with Crippen molar-refractivity contribution in [3.8, 4) is 0 Å². The van der Waals surface area contributed by atoms with Crippen molar-refractivity contribution in [3.05, 3.63) is 76.4 Å². The lowest BCUT2D eigenvalue weighted by atomic mass is 9.63. The minimum Gasteiger partial charge on any atom is -0.299 e. The third-order valence-electron chi connectivity index (χ3n) is 7.00. The van der Waals surface area contributed by atoms with E-state index in [-0.39, 0.29) is 28.8 Å². The van der Waals surface area contributed by atoms with Crippen molar-refractivity contribution >= 4 is 23.0 Å². The maximum Gasteiger partial charge on any atom is 0.192 e. The lowest BCUT2D eigenvalue weighted by Crippen LogP contribution is -2.43. The Morgan fingerprint density at radius 2 is 1.65 bits per heavy atom. The van der Waals surface area contributed by atoms with Crippen molar-refractivity contribution in [1.82, 2.24) is 0 Å². The normalized spacial score (nSPS) is 23.9. The Morgan fingerprint density at radius 1 is 0.935 bits per heavy atom. The summed E-state index contributed by atoms with van der Waals surface area (Å²) in [7, 11) is 0. The number of carbonyl (C=O) groups is 2. The summed E-state index contributed by atoms with van der Waals surface area (Å²) in [6.45, 7) is 6.47. The fourth-order valence-corrected chi connectivity index (χ4v) is 5.55. The number of unbranched alkanes of at least 4 members (excludes halogenated alkanes) is 1. The molecule has 0 unspecified atom stereocenters. The first-order valence-corrected chi connectivity index (χ1v) is 11.5. The number of carbonyl (C=O) groups excluding carboxylic acids is 2. The molecular weight excluding hydrogens is 382 g/mol. The zero-order valence-corrected chi connectivity index (χ0v) is 18.6. The first-order chi connectivity index (χ1) is 14.9. The van der Waals surface area contributed by atoms with Crippen LogP contribution < -0.4 is 0 Å². The highest BCUT2D eigenvalue weighted by Crippen LogP contribution is 2.51. The van der Waals surface area contributed by atoms with Crippen LogP contribution in [0.1, 0.15) is 79.4 Å². The summed E-state index contributed by atoms with van der Waals surface area (Å²) in [5, 5.41) is 0. The van der Waals surface area contributed by atoms with Gasteiger partial charge in [0.05, 0.1) is 11.6 Å². The smallest absolute Gasteiger partial charge is 0.192 e. The summed E-state index contributed by atoms with van der Waals surface area (Å²) >= 11 is 0. The Kier molecular flexibility index (Phi) is 4.80. The van der Waals surface area contributed by atoms with Gasteiger partial charge in [-0.2, -0.15) is 0 Å². The van der Waals surface area contributed by atoms with Gasteiger partial charge in [0.2, 0.25) is 0 Å². The van der Waals surface area contributed by atoms with Gasteiger partial charge in [0.25, 0.3) is 0 Å². The number of ketones is 2. The first-order valence-electron chi connectivity index (χ1n) is 11.5. The molecule has 0 radical (unpaired) electrons. The van der Waals surface area contributed by atoms with Crippen molar-refractivity contribution in [2.45, 2.75) is 58.8 Å². The summed E-state index contributed by atoms with van der Waals surface area (Å²) in [5.74, 6) is -0.325. The van der Waals surface area contributed by atoms with Crippen molar-refractivity contribution in [2.75, 3.05) is 0 Å². The molecule has 1 fully saturated rings. The molecule has 2 aromatic rings. The second-order valence-corrected chi connectivity index (χ2v) is 10.0. The van der Waals surface area contributed by atoms with Gasteiger partial charge < -0.3 is 0 Å². The van der Waals surface area contributed by atoms with E-state index in [0.29, 0.717) is 17.6 Å². The number of rotatable bonds is 4. The predicted molar refractivity (Wildman–Crippen MR) is 124 cm³/mol. The molecule has 1 heterocycles. The van der Waals surface area contributed by atoms with Gasteiger partial charge in [0, 0.05) is 34.8 Å².